The largest absolute Gasteiger partial charge is 0.372 e. The summed E-state index contributed by atoms with van der Waals surface area (Å²) in [7, 11) is -3.39. The van der Waals surface area contributed by atoms with E-state index in [0.29, 0.717) is 25.9 Å². The highest BCUT2D eigenvalue weighted by molar-refractivity contribution is 7.90. The van der Waals surface area contributed by atoms with Crippen molar-refractivity contribution >= 4 is 27.4 Å². The Morgan fingerprint density at radius 3 is 2.03 bits per heavy atom. The smallest absolute Gasteiger partial charge is 0.321 e. The van der Waals surface area contributed by atoms with Crippen molar-refractivity contribution in [1.82, 2.24) is 9.62 Å². The van der Waals surface area contributed by atoms with Gasteiger partial charge in [-0.25, -0.2) is 17.9 Å². The number of rotatable bonds is 4. The average molecular weight is 481 g/mol. The number of sulfonamides is 1. The molecule has 2 aliphatic rings. The van der Waals surface area contributed by atoms with Crippen LogP contribution in [0.3, 0.4) is 0 Å². The molecule has 1 aromatic carbocycles. The first-order chi connectivity index (χ1) is 15.3. The highest BCUT2D eigenvalue weighted by atomic mass is 32.2. The van der Waals surface area contributed by atoms with Gasteiger partial charge in [-0.15, -0.1) is 0 Å². The van der Waals surface area contributed by atoms with Crippen LogP contribution in [0.2, 0.25) is 0 Å². The minimum absolute atomic E-state index is 0.139. The van der Waals surface area contributed by atoms with Crippen molar-refractivity contribution in [2.75, 3.05) is 36.4 Å². The SMILES string of the molecule is Cc1cc(NC(=O)N2CCC(NS(=O)(=O)C(C)(C)C)CC2)cc(C)c1N1C[C@@H](C)O[C@@H](C)C1. The second-order valence-electron chi connectivity index (χ2n) is 10.5. The maximum atomic E-state index is 12.9. The van der Waals surface area contributed by atoms with E-state index in [1.54, 1.807) is 25.7 Å². The predicted molar refractivity (Wildman–Crippen MR) is 134 cm³/mol. The van der Waals surface area contributed by atoms with Crippen LogP contribution in [0, 0.1) is 13.8 Å². The Kier molecular flexibility index (Phi) is 7.65. The van der Waals surface area contributed by atoms with E-state index in [1.165, 1.54) is 5.69 Å². The van der Waals surface area contributed by atoms with E-state index in [2.05, 4.69) is 42.6 Å². The van der Waals surface area contributed by atoms with Gasteiger partial charge in [-0.2, -0.15) is 0 Å². The van der Waals surface area contributed by atoms with Crippen LogP contribution in [0.1, 0.15) is 58.6 Å². The molecule has 0 spiro atoms. The number of benzene rings is 1. The number of carbonyl (C=O) groups is 1. The molecule has 9 heteroatoms. The Morgan fingerprint density at radius 2 is 1.55 bits per heavy atom. The third-order valence-electron chi connectivity index (χ3n) is 6.39. The van der Waals surface area contributed by atoms with Crippen molar-refractivity contribution in [3.63, 3.8) is 0 Å². The Hall–Kier alpha value is -1.84. The van der Waals surface area contributed by atoms with Gasteiger partial charge in [0, 0.05) is 43.6 Å². The lowest BCUT2D eigenvalue weighted by Gasteiger charge is -2.38. The summed E-state index contributed by atoms with van der Waals surface area (Å²) < 4.78 is 32.6. The molecule has 8 nitrogen and oxygen atoms in total. The molecule has 186 valence electrons. The summed E-state index contributed by atoms with van der Waals surface area (Å²) in [5, 5.41) is 3.03. The number of piperidine rings is 1. The maximum Gasteiger partial charge on any atom is 0.321 e. The minimum Gasteiger partial charge on any atom is -0.372 e. The third-order valence-corrected chi connectivity index (χ3v) is 8.64. The van der Waals surface area contributed by atoms with Crippen molar-refractivity contribution in [2.45, 2.75) is 84.3 Å². The number of carbonyl (C=O) groups excluding carboxylic acids is 1. The number of nitrogens with zero attached hydrogens (tertiary/aromatic N) is 2. The predicted octanol–water partition coefficient (Wildman–Crippen LogP) is 3.63. The highest BCUT2D eigenvalue weighted by Crippen LogP contribution is 2.31. The molecule has 0 radical (unpaired) electrons. The van der Waals surface area contributed by atoms with E-state index in [1.807, 2.05) is 12.1 Å². The fraction of sp³-hybridized carbons (Fsp3) is 0.708. The van der Waals surface area contributed by atoms with Crippen LogP contribution in [0.15, 0.2) is 12.1 Å². The molecule has 2 fully saturated rings. The Balaban J connectivity index is 1.60. The topological polar surface area (TPSA) is 91.0 Å². The van der Waals surface area contributed by atoms with Gasteiger partial charge in [-0.05, 0) is 84.6 Å². The van der Waals surface area contributed by atoms with Crippen LogP contribution in [0.5, 0.6) is 0 Å². The molecule has 0 unspecified atom stereocenters. The Labute approximate surface area is 199 Å². The van der Waals surface area contributed by atoms with Gasteiger partial charge in [-0.3, -0.25) is 0 Å². The summed E-state index contributed by atoms with van der Waals surface area (Å²) in [6, 6.07) is 3.76. The van der Waals surface area contributed by atoms with Crippen LogP contribution in [-0.4, -0.2) is 68.5 Å². The minimum atomic E-state index is -3.39. The molecular formula is C24H40N4O4S. The molecule has 0 aromatic heterocycles. The lowest BCUT2D eigenvalue weighted by Crippen LogP contribution is -2.50. The monoisotopic (exact) mass is 480 g/mol. The number of anilines is 2. The highest BCUT2D eigenvalue weighted by Gasteiger charge is 2.33. The summed E-state index contributed by atoms with van der Waals surface area (Å²) >= 11 is 0. The lowest BCUT2D eigenvalue weighted by atomic mass is 10.0. The number of aryl methyl sites for hydroxylation is 2. The van der Waals surface area contributed by atoms with E-state index in [-0.39, 0.29) is 24.3 Å². The lowest BCUT2D eigenvalue weighted by molar-refractivity contribution is -0.00527. The molecule has 2 atom stereocenters. The maximum absolute atomic E-state index is 12.9. The number of nitrogens with one attached hydrogen (secondary N) is 2. The van der Waals surface area contributed by atoms with Gasteiger partial charge in [0.1, 0.15) is 0 Å². The first-order valence-electron chi connectivity index (χ1n) is 11.9. The van der Waals surface area contributed by atoms with Gasteiger partial charge >= 0.3 is 6.03 Å². The molecule has 3 rings (SSSR count). The van der Waals surface area contributed by atoms with E-state index in [4.69, 9.17) is 4.74 Å². The van der Waals surface area contributed by atoms with Crippen LogP contribution in [0.4, 0.5) is 16.2 Å². The number of amides is 2. The number of likely N-dealkylation sites (tertiary alicyclic amines) is 1. The Bertz CT molecular complexity index is 932. The van der Waals surface area contributed by atoms with Gasteiger partial charge in [0.05, 0.1) is 17.0 Å². The molecule has 33 heavy (non-hydrogen) atoms. The van der Waals surface area contributed by atoms with E-state index < -0.39 is 14.8 Å². The second-order valence-corrected chi connectivity index (χ2v) is 13.0. The van der Waals surface area contributed by atoms with Crippen molar-refractivity contribution in [3.8, 4) is 0 Å². The van der Waals surface area contributed by atoms with Crippen LogP contribution >= 0.6 is 0 Å². The molecule has 2 N–H and O–H groups in total. The fourth-order valence-electron chi connectivity index (χ4n) is 4.69. The van der Waals surface area contributed by atoms with Gasteiger partial charge < -0.3 is 19.9 Å². The van der Waals surface area contributed by atoms with Crippen molar-refractivity contribution in [3.05, 3.63) is 23.3 Å². The summed E-state index contributed by atoms with van der Waals surface area (Å²) in [5.41, 5.74) is 4.24. The number of ether oxygens (including phenoxy) is 1. The van der Waals surface area contributed by atoms with Crippen molar-refractivity contribution in [2.24, 2.45) is 0 Å². The fourth-order valence-corrected chi connectivity index (χ4v) is 5.71. The first-order valence-corrected chi connectivity index (χ1v) is 13.3. The van der Waals surface area contributed by atoms with Crippen LogP contribution in [0.25, 0.3) is 0 Å². The zero-order valence-electron chi connectivity index (χ0n) is 21.1. The molecule has 0 saturated carbocycles. The number of hydrogen-bond acceptors (Lipinski definition) is 5. The molecule has 2 aliphatic heterocycles. The number of hydrogen-bond donors (Lipinski definition) is 2. The van der Waals surface area contributed by atoms with E-state index >= 15 is 0 Å². The molecule has 0 aliphatic carbocycles. The van der Waals surface area contributed by atoms with Crippen LogP contribution < -0.4 is 14.9 Å². The molecule has 2 heterocycles. The number of morpholine rings is 1. The van der Waals surface area contributed by atoms with Gasteiger partial charge in [0.2, 0.25) is 10.0 Å². The van der Waals surface area contributed by atoms with E-state index in [9.17, 15) is 13.2 Å². The molecule has 1 aromatic rings. The standard InChI is InChI=1S/C24H40N4O4S/c1-16-12-21(13-17(2)22(16)28-14-18(3)32-19(4)15-28)25-23(29)27-10-8-20(9-11-27)26-33(30,31)24(5,6)7/h12-13,18-20,26H,8-11,14-15H2,1-7H3,(H,25,29)/t18-,19+. The number of urea groups is 1. The van der Waals surface area contributed by atoms with Gasteiger partial charge in [-0.1, -0.05) is 0 Å². The Morgan fingerprint density at radius 1 is 1.03 bits per heavy atom. The second kappa shape index (κ2) is 9.80. The molecule has 2 saturated heterocycles. The zero-order chi connectivity index (χ0) is 24.6. The summed E-state index contributed by atoms with van der Waals surface area (Å²) in [6.45, 7) is 16.2. The third kappa shape index (κ3) is 6.19. The normalized spacial score (nSPS) is 23.0. The van der Waals surface area contributed by atoms with Crippen molar-refractivity contribution < 1.29 is 17.9 Å². The van der Waals surface area contributed by atoms with Gasteiger partial charge in [0.15, 0.2) is 0 Å². The van der Waals surface area contributed by atoms with Gasteiger partial charge in [0.25, 0.3) is 0 Å². The van der Waals surface area contributed by atoms with Crippen LogP contribution in [-0.2, 0) is 14.8 Å². The quantitative estimate of drug-likeness (QED) is 0.687. The van der Waals surface area contributed by atoms with E-state index in [0.717, 1.165) is 29.9 Å². The summed E-state index contributed by atoms with van der Waals surface area (Å²) in [4.78, 5) is 17.0. The van der Waals surface area contributed by atoms with Crippen molar-refractivity contribution in [1.29, 1.82) is 0 Å². The molecular weight excluding hydrogens is 440 g/mol. The average Bonchev–Trinajstić information content (AvgIpc) is 2.66. The molecule has 2 amide bonds. The summed E-state index contributed by atoms with van der Waals surface area (Å²) in [6.07, 6.45) is 1.57. The molecule has 0 bridgehead atoms. The zero-order valence-corrected chi connectivity index (χ0v) is 21.9. The summed E-state index contributed by atoms with van der Waals surface area (Å²) in [5.74, 6) is 0. The first kappa shape index (κ1) is 25.8.